The van der Waals surface area contributed by atoms with Crippen molar-refractivity contribution in [2.45, 2.75) is 0 Å². The second kappa shape index (κ2) is 8.45. The zero-order valence-electron chi connectivity index (χ0n) is 15.8. The highest BCUT2D eigenvalue weighted by atomic mass is 16.6. The Morgan fingerprint density at radius 2 is 1.07 bits per heavy atom. The monoisotopic (exact) mass is 375 g/mol. The minimum Gasteiger partial charge on any atom is -0.397 e. The molecule has 0 saturated carbocycles. The number of nitrogens with two attached hydrogens (primary N) is 2. The van der Waals surface area contributed by atoms with E-state index in [0.717, 1.165) is 21.8 Å². The quantitative estimate of drug-likeness (QED) is 0.180. The SMILES string of the molecule is Nc1cc2ccccc2cc1N.O=NO.[H+].c1ccc2cc3n[nH]nc3cc2c1. The van der Waals surface area contributed by atoms with E-state index in [4.69, 9.17) is 21.6 Å². The largest absolute Gasteiger partial charge is 1.00 e. The molecule has 0 aliphatic heterocycles. The maximum absolute atomic E-state index is 8.11. The van der Waals surface area contributed by atoms with Gasteiger partial charge in [0.1, 0.15) is 11.0 Å². The van der Waals surface area contributed by atoms with E-state index in [0.29, 0.717) is 11.4 Å². The summed E-state index contributed by atoms with van der Waals surface area (Å²) >= 11 is 0. The van der Waals surface area contributed by atoms with Gasteiger partial charge in [0.2, 0.25) is 0 Å². The number of benzene rings is 4. The summed E-state index contributed by atoms with van der Waals surface area (Å²) < 4.78 is 0. The number of nitrogen functional groups attached to an aromatic ring is 2. The highest BCUT2D eigenvalue weighted by molar-refractivity contribution is 5.94. The van der Waals surface area contributed by atoms with Crippen molar-refractivity contribution in [3.05, 3.63) is 77.7 Å². The molecule has 0 bridgehead atoms. The molecule has 5 aromatic rings. The Bertz CT molecular complexity index is 1150. The lowest BCUT2D eigenvalue weighted by atomic mass is 10.1. The maximum atomic E-state index is 8.11. The molecule has 4 aromatic carbocycles. The molecule has 0 unspecified atom stereocenters. The van der Waals surface area contributed by atoms with E-state index in [1.807, 2.05) is 60.7 Å². The van der Waals surface area contributed by atoms with Crippen LogP contribution in [0.1, 0.15) is 1.43 Å². The zero-order chi connectivity index (χ0) is 19.9. The van der Waals surface area contributed by atoms with Crippen LogP contribution in [0.2, 0.25) is 0 Å². The van der Waals surface area contributed by atoms with Crippen LogP contribution in [0.25, 0.3) is 32.6 Å². The molecule has 0 spiro atoms. The number of H-pyrrole nitrogens is 1. The minimum atomic E-state index is 0. The summed E-state index contributed by atoms with van der Waals surface area (Å²) in [6.07, 6.45) is 0. The van der Waals surface area contributed by atoms with E-state index in [9.17, 15) is 0 Å². The molecule has 140 valence electrons. The topological polar surface area (TPSA) is 143 Å². The summed E-state index contributed by atoms with van der Waals surface area (Å²) in [5, 5.41) is 23.2. The van der Waals surface area contributed by atoms with E-state index in [1.165, 1.54) is 16.1 Å². The molecule has 0 aliphatic carbocycles. The molecule has 8 heteroatoms. The fourth-order valence-electron chi connectivity index (χ4n) is 2.80. The van der Waals surface area contributed by atoms with Gasteiger partial charge in [-0.15, -0.1) is 4.91 Å². The molecule has 1 heterocycles. The first-order valence-corrected chi connectivity index (χ1v) is 8.32. The van der Waals surface area contributed by atoms with Gasteiger partial charge in [-0.3, -0.25) is 0 Å². The summed E-state index contributed by atoms with van der Waals surface area (Å²) in [5.41, 5.74) is 14.4. The third-order valence-electron chi connectivity index (χ3n) is 4.14. The van der Waals surface area contributed by atoms with Crippen LogP contribution >= 0.6 is 0 Å². The van der Waals surface area contributed by atoms with Gasteiger partial charge in [-0.05, 0) is 45.8 Å². The van der Waals surface area contributed by atoms with Gasteiger partial charge in [-0.25, -0.2) is 0 Å². The van der Waals surface area contributed by atoms with E-state index in [1.54, 1.807) is 0 Å². The van der Waals surface area contributed by atoms with Crippen LogP contribution in [0.4, 0.5) is 11.4 Å². The summed E-state index contributed by atoms with van der Waals surface area (Å²) in [6.45, 7) is 0. The average Bonchev–Trinajstić information content (AvgIpc) is 3.15. The molecule has 0 saturated heterocycles. The molecule has 8 nitrogen and oxygen atoms in total. The number of hydrogen-bond acceptors (Lipinski definition) is 6. The molecule has 0 amide bonds. The Labute approximate surface area is 161 Å². The van der Waals surface area contributed by atoms with Crippen molar-refractivity contribution in [2.24, 2.45) is 5.34 Å². The summed E-state index contributed by atoms with van der Waals surface area (Å²) in [7, 11) is 0. The predicted octanol–water partition coefficient (Wildman–Crippen LogP) is 4.37. The first kappa shape index (κ1) is 18.6. The van der Waals surface area contributed by atoms with Crippen molar-refractivity contribution in [3.63, 3.8) is 0 Å². The highest BCUT2D eigenvalue weighted by Crippen LogP contribution is 2.23. The molecule has 0 fully saturated rings. The maximum Gasteiger partial charge on any atom is 1.00 e. The van der Waals surface area contributed by atoms with Gasteiger partial charge in [0, 0.05) is 0 Å². The second-order valence-corrected chi connectivity index (χ2v) is 5.92. The third kappa shape index (κ3) is 4.13. The van der Waals surface area contributed by atoms with Gasteiger partial charge < -0.3 is 16.7 Å². The first-order valence-electron chi connectivity index (χ1n) is 8.32. The molecule has 0 aliphatic rings. The smallest absolute Gasteiger partial charge is 0.397 e. The van der Waals surface area contributed by atoms with Gasteiger partial charge in [0.05, 0.1) is 11.4 Å². The summed E-state index contributed by atoms with van der Waals surface area (Å²) in [5.74, 6) is 0. The fourth-order valence-corrected chi connectivity index (χ4v) is 2.80. The van der Waals surface area contributed by atoms with E-state index >= 15 is 0 Å². The van der Waals surface area contributed by atoms with E-state index in [-0.39, 0.29) is 1.43 Å². The minimum absolute atomic E-state index is 0. The highest BCUT2D eigenvalue weighted by Gasteiger charge is 1.99. The lowest BCUT2D eigenvalue weighted by Gasteiger charge is -2.02. The fraction of sp³-hybridized carbons (Fsp3) is 0. The van der Waals surface area contributed by atoms with Crippen molar-refractivity contribution in [1.82, 2.24) is 15.4 Å². The van der Waals surface area contributed by atoms with Gasteiger partial charge >= 0.3 is 1.43 Å². The standard InChI is InChI=1S/C10H7N3.C10H10N2.HNO2/c1-2-4-8-6-10-9(11-13-12-10)5-7(8)3-1;11-9-5-7-3-1-2-4-8(7)6-10(9)12;2-1-3/h1-6H,(H,11,12,13);1-6H,11-12H2;(H,2,3)/p+1. The Morgan fingerprint density at radius 3 is 1.43 bits per heavy atom. The molecule has 1 aromatic heterocycles. The van der Waals surface area contributed by atoms with Crippen molar-refractivity contribution in [3.8, 4) is 0 Å². The molecule has 0 radical (unpaired) electrons. The van der Waals surface area contributed by atoms with Gasteiger partial charge in [-0.2, -0.15) is 15.4 Å². The van der Waals surface area contributed by atoms with Crippen LogP contribution in [0, 0.1) is 4.91 Å². The predicted molar refractivity (Wildman–Crippen MR) is 113 cm³/mol. The normalized spacial score (nSPS) is 10.0. The average molecular weight is 375 g/mol. The van der Waals surface area contributed by atoms with Crippen molar-refractivity contribution in [1.29, 1.82) is 0 Å². The van der Waals surface area contributed by atoms with Crippen molar-refractivity contribution >= 4 is 44.0 Å². The molecule has 5 rings (SSSR count). The summed E-state index contributed by atoms with van der Waals surface area (Å²) in [4.78, 5) is 8.11. The number of fused-ring (bicyclic) bond motifs is 3. The molecular weight excluding hydrogens is 356 g/mol. The van der Waals surface area contributed by atoms with Crippen molar-refractivity contribution in [2.75, 3.05) is 11.5 Å². The van der Waals surface area contributed by atoms with E-state index < -0.39 is 0 Å². The number of hydrogen-bond donors (Lipinski definition) is 4. The summed E-state index contributed by atoms with van der Waals surface area (Å²) in [6, 6.07) is 24.1. The van der Waals surface area contributed by atoms with Crippen LogP contribution in [0.3, 0.4) is 0 Å². The van der Waals surface area contributed by atoms with Crippen LogP contribution in [-0.2, 0) is 0 Å². The van der Waals surface area contributed by atoms with Crippen LogP contribution in [-0.4, -0.2) is 20.6 Å². The van der Waals surface area contributed by atoms with Gasteiger partial charge in [0.25, 0.3) is 0 Å². The Morgan fingerprint density at radius 1 is 0.750 bits per heavy atom. The third-order valence-corrected chi connectivity index (χ3v) is 4.14. The lowest BCUT2D eigenvalue weighted by Crippen LogP contribution is -1.93. The number of aromatic amines is 1. The molecule has 28 heavy (non-hydrogen) atoms. The Kier molecular flexibility index (Phi) is 5.61. The zero-order valence-corrected chi connectivity index (χ0v) is 14.8. The number of nitrogens with zero attached hydrogens (tertiary/aromatic N) is 3. The molecule has 0 atom stereocenters. The van der Waals surface area contributed by atoms with Gasteiger partial charge in [0.15, 0.2) is 5.34 Å². The van der Waals surface area contributed by atoms with E-state index in [2.05, 4.69) is 27.5 Å². The second-order valence-electron chi connectivity index (χ2n) is 5.92. The van der Waals surface area contributed by atoms with Crippen LogP contribution in [0.5, 0.6) is 0 Å². The number of nitrogens with one attached hydrogen (secondary N) is 1. The number of aromatic nitrogens is 3. The number of rotatable bonds is 0. The Hall–Kier alpha value is -4.20. The number of anilines is 2. The van der Waals surface area contributed by atoms with Gasteiger partial charge in [-0.1, -0.05) is 48.5 Å². The Balaban J connectivity index is 0.000000178. The molecule has 6 N–H and O–H groups in total. The van der Waals surface area contributed by atoms with Crippen molar-refractivity contribution < 1.29 is 6.63 Å². The first-order chi connectivity index (χ1) is 13.6. The lowest BCUT2D eigenvalue weighted by molar-refractivity contribution is 0.312. The van der Waals surface area contributed by atoms with Crippen LogP contribution in [0.15, 0.2) is 78.1 Å². The molecular formula is C20H19N6O2+. The van der Waals surface area contributed by atoms with Crippen LogP contribution < -0.4 is 11.5 Å².